The standard InChI is InChI=1S/C36H43N5O4.3ClH/c37-14-4-1-5-16-42-18-20-44-22-23-45-21-19-43-17-7-8-28-12-13-29-25-32(26-31(29)24-28)39-36-33-10-2-3-11-34(33)40-35(41-36)30-9-6-15-38-27-30;;;/h2-3,6,9-13,15,24,27,32H,1,4-5,14,16-23,25-26,37H2,(H,39,40,41);3*1H. The molecule has 0 aliphatic heterocycles. The Morgan fingerprint density at radius 3 is 2.23 bits per heavy atom. The second kappa shape index (κ2) is 23.3. The minimum Gasteiger partial charge on any atom is -0.379 e. The first-order valence-electron chi connectivity index (χ1n) is 15.9. The van der Waals surface area contributed by atoms with Crippen LogP contribution in [0.15, 0.2) is 67.0 Å². The van der Waals surface area contributed by atoms with Crippen molar-refractivity contribution in [2.75, 3.05) is 64.7 Å². The van der Waals surface area contributed by atoms with Crippen LogP contribution in [0.2, 0.25) is 0 Å². The normalized spacial score (nSPS) is 13.0. The summed E-state index contributed by atoms with van der Waals surface area (Å²) in [4.78, 5) is 13.9. The molecule has 1 aliphatic carbocycles. The molecule has 3 N–H and O–H groups in total. The summed E-state index contributed by atoms with van der Waals surface area (Å²) in [7, 11) is 0. The van der Waals surface area contributed by atoms with E-state index in [0.717, 1.165) is 73.1 Å². The summed E-state index contributed by atoms with van der Waals surface area (Å²) >= 11 is 0. The van der Waals surface area contributed by atoms with Crippen LogP contribution in [0.5, 0.6) is 0 Å². The van der Waals surface area contributed by atoms with Crippen LogP contribution in [0.4, 0.5) is 5.82 Å². The van der Waals surface area contributed by atoms with Crippen molar-refractivity contribution >= 4 is 53.9 Å². The van der Waals surface area contributed by atoms with E-state index in [4.69, 9.17) is 34.6 Å². The van der Waals surface area contributed by atoms with Crippen molar-refractivity contribution < 1.29 is 18.9 Å². The lowest BCUT2D eigenvalue weighted by atomic mass is 10.1. The molecule has 2 aromatic heterocycles. The Kier molecular flexibility index (Phi) is 20.0. The van der Waals surface area contributed by atoms with Gasteiger partial charge in [-0.3, -0.25) is 4.98 Å². The Bertz CT molecular complexity index is 1560. The van der Waals surface area contributed by atoms with E-state index in [-0.39, 0.29) is 43.3 Å². The van der Waals surface area contributed by atoms with E-state index >= 15 is 0 Å². The average Bonchev–Trinajstić information content (AvgIpc) is 3.48. The second-order valence-corrected chi connectivity index (χ2v) is 10.9. The lowest BCUT2D eigenvalue weighted by Crippen LogP contribution is -2.20. The summed E-state index contributed by atoms with van der Waals surface area (Å²) in [6, 6.07) is 18.7. The molecule has 5 rings (SSSR count). The number of pyridine rings is 1. The first kappa shape index (κ1) is 41.1. The summed E-state index contributed by atoms with van der Waals surface area (Å²) in [5.41, 5.74) is 10.9. The van der Waals surface area contributed by atoms with Gasteiger partial charge in [0.25, 0.3) is 0 Å². The van der Waals surface area contributed by atoms with Gasteiger partial charge < -0.3 is 30.0 Å². The topological polar surface area (TPSA) is 114 Å². The van der Waals surface area contributed by atoms with Crippen molar-refractivity contribution in [3.63, 3.8) is 0 Å². The molecule has 0 fully saturated rings. The number of hydrogen-bond acceptors (Lipinski definition) is 9. The zero-order chi connectivity index (χ0) is 30.9. The van der Waals surface area contributed by atoms with E-state index in [1.807, 2.05) is 30.3 Å². The van der Waals surface area contributed by atoms with E-state index in [1.54, 1.807) is 12.4 Å². The zero-order valence-corrected chi connectivity index (χ0v) is 29.6. The molecule has 4 aromatic rings. The van der Waals surface area contributed by atoms with Crippen LogP contribution >= 0.6 is 37.2 Å². The van der Waals surface area contributed by atoms with Crippen LogP contribution in [-0.4, -0.2) is 80.4 Å². The lowest BCUT2D eigenvalue weighted by Gasteiger charge is -2.15. The predicted molar refractivity (Wildman–Crippen MR) is 199 cm³/mol. The van der Waals surface area contributed by atoms with Crippen molar-refractivity contribution in [2.45, 2.75) is 38.1 Å². The summed E-state index contributed by atoms with van der Waals surface area (Å²) in [6.07, 6.45) is 8.62. The van der Waals surface area contributed by atoms with Gasteiger partial charge in [0, 0.05) is 41.6 Å². The molecule has 9 nitrogen and oxygen atoms in total. The number of nitrogens with zero attached hydrogens (tertiary/aromatic N) is 3. The molecule has 0 saturated heterocycles. The van der Waals surface area contributed by atoms with Gasteiger partial charge in [0.05, 0.1) is 45.2 Å². The van der Waals surface area contributed by atoms with Gasteiger partial charge in [-0.1, -0.05) is 30.0 Å². The molecule has 1 atom stereocenters. The van der Waals surface area contributed by atoms with Gasteiger partial charge >= 0.3 is 0 Å². The van der Waals surface area contributed by atoms with Crippen molar-refractivity contribution in [1.82, 2.24) is 15.0 Å². The number of nitrogens with two attached hydrogens (primary N) is 1. The SMILES string of the molecule is Cl.Cl.Cl.NCCCCCOCCOCCOCCOCC#Cc1ccc2c(c1)CC(Nc1nc(-c3cccnc3)nc3ccccc13)C2. The van der Waals surface area contributed by atoms with E-state index in [2.05, 4.69) is 46.4 Å². The molecule has 48 heavy (non-hydrogen) atoms. The molecule has 1 aliphatic rings. The van der Waals surface area contributed by atoms with Gasteiger partial charge in [0.1, 0.15) is 12.4 Å². The molecule has 0 amide bonds. The van der Waals surface area contributed by atoms with Gasteiger partial charge in [-0.25, -0.2) is 9.97 Å². The number of nitrogens with one attached hydrogen (secondary N) is 1. The number of fused-ring (bicyclic) bond motifs is 2. The summed E-state index contributed by atoms with van der Waals surface area (Å²) < 4.78 is 22.2. The molecule has 0 bridgehead atoms. The molecular formula is C36H46Cl3N5O4. The maximum absolute atomic E-state index is 5.61. The van der Waals surface area contributed by atoms with Crippen LogP contribution < -0.4 is 11.1 Å². The number of halogens is 3. The molecule has 0 spiro atoms. The van der Waals surface area contributed by atoms with E-state index in [0.29, 0.717) is 52.1 Å². The number of hydrogen-bond donors (Lipinski definition) is 2. The van der Waals surface area contributed by atoms with E-state index in [1.165, 1.54) is 11.1 Å². The zero-order valence-electron chi connectivity index (χ0n) is 27.1. The number of aromatic nitrogens is 3. The molecule has 2 heterocycles. The Hall–Kier alpha value is -3.04. The summed E-state index contributed by atoms with van der Waals surface area (Å²) in [5, 5.41) is 4.72. The molecule has 0 radical (unpaired) electrons. The highest BCUT2D eigenvalue weighted by molar-refractivity contribution is 5.90. The molecule has 1 unspecified atom stereocenters. The highest BCUT2D eigenvalue weighted by Gasteiger charge is 2.23. The van der Waals surface area contributed by atoms with E-state index < -0.39 is 0 Å². The molecule has 0 saturated carbocycles. The Labute approximate surface area is 302 Å². The number of rotatable bonds is 18. The van der Waals surface area contributed by atoms with Crippen LogP contribution in [0.1, 0.15) is 36.0 Å². The van der Waals surface area contributed by atoms with Gasteiger partial charge in [-0.05, 0) is 86.2 Å². The fourth-order valence-electron chi connectivity index (χ4n) is 5.25. The van der Waals surface area contributed by atoms with Gasteiger partial charge in [0.2, 0.25) is 0 Å². The van der Waals surface area contributed by atoms with Crippen molar-refractivity contribution in [3.8, 4) is 23.2 Å². The highest BCUT2D eigenvalue weighted by Crippen LogP contribution is 2.29. The predicted octanol–water partition coefficient (Wildman–Crippen LogP) is 6.08. The fourth-order valence-corrected chi connectivity index (χ4v) is 5.25. The Balaban J connectivity index is 0.00000267. The van der Waals surface area contributed by atoms with E-state index in [9.17, 15) is 0 Å². The third-order valence-corrected chi connectivity index (χ3v) is 7.52. The minimum absolute atomic E-state index is 0. The summed E-state index contributed by atoms with van der Waals surface area (Å²) in [5.74, 6) is 7.88. The fraction of sp³-hybridized carbons (Fsp3) is 0.417. The molecule has 260 valence electrons. The minimum atomic E-state index is 0. The summed E-state index contributed by atoms with van der Waals surface area (Å²) in [6.45, 7) is 5.17. The van der Waals surface area contributed by atoms with Crippen LogP contribution in [0, 0.1) is 11.8 Å². The van der Waals surface area contributed by atoms with Gasteiger partial charge in [0.15, 0.2) is 5.82 Å². The number of anilines is 1. The maximum Gasteiger partial charge on any atom is 0.163 e. The molecular weight excluding hydrogens is 673 g/mol. The molecule has 12 heteroatoms. The third-order valence-electron chi connectivity index (χ3n) is 7.52. The average molecular weight is 719 g/mol. The van der Waals surface area contributed by atoms with Crippen LogP contribution in [0.3, 0.4) is 0 Å². The first-order valence-corrected chi connectivity index (χ1v) is 15.9. The first-order chi connectivity index (χ1) is 22.3. The largest absolute Gasteiger partial charge is 0.379 e. The second-order valence-electron chi connectivity index (χ2n) is 10.9. The van der Waals surface area contributed by atoms with Crippen LogP contribution in [-0.2, 0) is 31.8 Å². The monoisotopic (exact) mass is 717 g/mol. The maximum atomic E-state index is 5.61. The van der Waals surface area contributed by atoms with Crippen LogP contribution in [0.25, 0.3) is 22.3 Å². The smallest absolute Gasteiger partial charge is 0.163 e. The lowest BCUT2D eigenvalue weighted by molar-refractivity contribution is 0.000929. The highest BCUT2D eigenvalue weighted by atomic mass is 35.5. The van der Waals surface area contributed by atoms with Crippen molar-refractivity contribution in [2.24, 2.45) is 5.73 Å². The Morgan fingerprint density at radius 1 is 0.750 bits per heavy atom. The number of ether oxygens (including phenoxy) is 4. The van der Waals surface area contributed by atoms with Crippen molar-refractivity contribution in [1.29, 1.82) is 0 Å². The number of benzene rings is 2. The van der Waals surface area contributed by atoms with Crippen molar-refractivity contribution in [3.05, 3.63) is 83.7 Å². The third kappa shape index (κ3) is 13.1. The van der Waals surface area contributed by atoms with Gasteiger partial charge in [-0.2, -0.15) is 0 Å². The number of para-hydroxylation sites is 1. The quantitative estimate of drug-likeness (QED) is 0.0934. The number of unbranched alkanes of at least 4 members (excludes halogenated alkanes) is 2. The molecule has 2 aromatic carbocycles. The van der Waals surface area contributed by atoms with Gasteiger partial charge in [-0.15, -0.1) is 37.2 Å². The Morgan fingerprint density at radius 2 is 1.48 bits per heavy atom.